The van der Waals surface area contributed by atoms with Crippen molar-refractivity contribution in [1.82, 2.24) is 20.6 Å². The van der Waals surface area contributed by atoms with Gasteiger partial charge in [-0.05, 0) is 38.6 Å². The highest BCUT2D eigenvalue weighted by atomic mass is 15.0. The zero-order valence-corrected chi connectivity index (χ0v) is 10.7. The summed E-state index contributed by atoms with van der Waals surface area (Å²) in [5.74, 6) is 0. The summed E-state index contributed by atoms with van der Waals surface area (Å²) in [7, 11) is 1.98. The van der Waals surface area contributed by atoms with Gasteiger partial charge < -0.3 is 15.6 Å². The van der Waals surface area contributed by atoms with E-state index in [1.807, 2.05) is 13.1 Å². The van der Waals surface area contributed by atoms with Gasteiger partial charge in [-0.3, -0.25) is 0 Å². The van der Waals surface area contributed by atoms with Crippen LogP contribution < -0.4 is 10.6 Å². The van der Waals surface area contributed by atoms with Crippen molar-refractivity contribution in [3.8, 4) is 0 Å². The monoisotopic (exact) mass is 232 g/mol. The molecular formula is C13H20N4. The lowest BCUT2D eigenvalue weighted by Gasteiger charge is -2.24. The van der Waals surface area contributed by atoms with Crippen molar-refractivity contribution in [3.63, 3.8) is 0 Å². The summed E-state index contributed by atoms with van der Waals surface area (Å²) in [5, 5.41) is 6.73. The molecule has 0 spiro atoms. The Morgan fingerprint density at radius 1 is 1.35 bits per heavy atom. The number of fused-ring (bicyclic) bond motifs is 1. The first-order valence-corrected chi connectivity index (χ1v) is 5.92. The number of hydrogen-bond acceptors (Lipinski definition) is 3. The normalized spacial score (nSPS) is 12.2. The van der Waals surface area contributed by atoms with Crippen LogP contribution in [-0.4, -0.2) is 29.1 Å². The molecule has 1 aromatic carbocycles. The van der Waals surface area contributed by atoms with Crippen LogP contribution in [0.2, 0.25) is 0 Å². The summed E-state index contributed by atoms with van der Waals surface area (Å²) in [6.07, 6.45) is 1.73. The van der Waals surface area contributed by atoms with E-state index in [2.05, 4.69) is 46.6 Å². The van der Waals surface area contributed by atoms with Gasteiger partial charge in [0, 0.05) is 18.6 Å². The molecule has 0 aliphatic rings. The molecule has 4 nitrogen and oxygen atoms in total. The largest absolute Gasteiger partial charge is 0.345 e. The van der Waals surface area contributed by atoms with E-state index in [1.54, 1.807) is 6.33 Å². The third-order valence-electron chi connectivity index (χ3n) is 3.06. The molecule has 4 heteroatoms. The molecule has 92 valence electrons. The first kappa shape index (κ1) is 12.1. The lowest BCUT2D eigenvalue weighted by atomic mass is 10.1. The van der Waals surface area contributed by atoms with E-state index in [9.17, 15) is 0 Å². The molecule has 0 amide bonds. The van der Waals surface area contributed by atoms with Crippen molar-refractivity contribution in [2.24, 2.45) is 0 Å². The molecule has 0 atom stereocenters. The standard InChI is InChI=1S/C13H20N4/c1-13(2,14-3)8-15-7-10-4-5-11-12(6-10)17-9-16-11/h4-6,9,14-15H,7-8H2,1-3H3,(H,16,17). The highest BCUT2D eigenvalue weighted by Crippen LogP contribution is 2.11. The van der Waals surface area contributed by atoms with Gasteiger partial charge in [0.25, 0.3) is 0 Å². The molecule has 17 heavy (non-hydrogen) atoms. The zero-order valence-electron chi connectivity index (χ0n) is 10.7. The van der Waals surface area contributed by atoms with Crippen molar-refractivity contribution in [3.05, 3.63) is 30.1 Å². The molecule has 0 radical (unpaired) electrons. The van der Waals surface area contributed by atoms with E-state index < -0.39 is 0 Å². The molecule has 0 saturated carbocycles. The highest BCUT2D eigenvalue weighted by molar-refractivity contribution is 5.74. The van der Waals surface area contributed by atoms with Crippen LogP contribution >= 0.6 is 0 Å². The zero-order chi connectivity index (χ0) is 12.3. The summed E-state index contributed by atoms with van der Waals surface area (Å²) >= 11 is 0. The third-order valence-corrected chi connectivity index (χ3v) is 3.06. The van der Waals surface area contributed by atoms with Gasteiger partial charge in [-0.15, -0.1) is 0 Å². The molecule has 0 aliphatic carbocycles. The average molecular weight is 232 g/mol. The summed E-state index contributed by atoms with van der Waals surface area (Å²) in [4.78, 5) is 7.33. The van der Waals surface area contributed by atoms with Crippen molar-refractivity contribution in [2.45, 2.75) is 25.9 Å². The molecular weight excluding hydrogens is 212 g/mol. The SMILES string of the molecule is CNC(C)(C)CNCc1ccc2nc[nH]c2c1. The molecule has 2 aromatic rings. The maximum absolute atomic E-state index is 4.21. The lowest BCUT2D eigenvalue weighted by Crippen LogP contribution is -2.45. The predicted molar refractivity (Wildman–Crippen MR) is 70.9 cm³/mol. The van der Waals surface area contributed by atoms with Crippen LogP contribution in [0.4, 0.5) is 0 Å². The van der Waals surface area contributed by atoms with Gasteiger partial charge in [-0.25, -0.2) is 4.98 Å². The fourth-order valence-corrected chi connectivity index (χ4v) is 1.70. The van der Waals surface area contributed by atoms with E-state index >= 15 is 0 Å². The molecule has 0 fully saturated rings. The van der Waals surface area contributed by atoms with E-state index in [1.165, 1.54) is 5.56 Å². The molecule has 3 N–H and O–H groups in total. The molecule has 2 rings (SSSR count). The minimum Gasteiger partial charge on any atom is -0.345 e. The maximum Gasteiger partial charge on any atom is 0.0931 e. The Balaban J connectivity index is 1.95. The predicted octanol–water partition coefficient (Wildman–Crippen LogP) is 1.65. The van der Waals surface area contributed by atoms with Gasteiger partial charge in [0.2, 0.25) is 0 Å². The lowest BCUT2D eigenvalue weighted by molar-refractivity contribution is 0.393. The van der Waals surface area contributed by atoms with E-state index in [-0.39, 0.29) is 5.54 Å². The van der Waals surface area contributed by atoms with Crippen molar-refractivity contribution in [1.29, 1.82) is 0 Å². The Labute approximate surface area is 102 Å². The summed E-state index contributed by atoms with van der Waals surface area (Å²) in [5.41, 5.74) is 3.51. The van der Waals surface area contributed by atoms with Crippen LogP contribution in [0.1, 0.15) is 19.4 Å². The summed E-state index contributed by atoms with van der Waals surface area (Å²) in [6.45, 7) is 6.17. The minimum absolute atomic E-state index is 0.123. The molecule has 0 aliphatic heterocycles. The number of nitrogens with zero attached hydrogens (tertiary/aromatic N) is 1. The second-order valence-electron chi connectivity index (χ2n) is 4.99. The number of aromatic amines is 1. The second kappa shape index (κ2) is 4.85. The number of nitrogens with one attached hydrogen (secondary N) is 3. The van der Waals surface area contributed by atoms with Crippen LogP contribution in [0.3, 0.4) is 0 Å². The number of imidazole rings is 1. The number of H-pyrrole nitrogens is 1. The third kappa shape index (κ3) is 3.05. The van der Waals surface area contributed by atoms with E-state index in [4.69, 9.17) is 0 Å². The fourth-order valence-electron chi connectivity index (χ4n) is 1.70. The van der Waals surface area contributed by atoms with Crippen molar-refractivity contribution >= 4 is 11.0 Å². The molecule has 1 heterocycles. The Hall–Kier alpha value is -1.39. The first-order chi connectivity index (χ1) is 8.11. The van der Waals surface area contributed by atoms with E-state index in [0.29, 0.717) is 0 Å². The van der Waals surface area contributed by atoms with Crippen LogP contribution in [0, 0.1) is 0 Å². The van der Waals surface area contributed by atoms with Crippen LogP contribution in [0.15, 0.2) is 24.5 Å². The Morgan fingerprint density at radius 2 is 2.18 bits per heavy atom. The average Bonchev–Trinajstić information content (AvgIpc) is 2.76. The first-order valence-electron chi connectivity index (χ1n) is 5.92. The van der Waals surface area contributed by atoms with Crippen LogP contribution in [0.25, 0.3) is 11.0 Å². The second-order valence-corrected chi connectivity index (χ2v) is 4.99. The maximum atomic E-state index is 4.21. The smallest absolute Gasteiger partial charge is 0.0931 e. The van der Waals surface area contributed by atoms with E-state index in [0.717, 1.165) is 24.1 Å². The topological polar surface area (TPSA) is 52.7 Å². The summed E-state index contributed by atoms with van der Waals surface area (Å²) in [6, 6.07) is 6.30. The minimum atomic E-state index is 0.123. The van der Waals surface area contributed by atoms with Gasteiger partial charge in [-0.2, -0.15) is 0 Å². The quantitative estimate of drug-likeness (QED) is 0.734. The summed E-state index contributed by atoms with van der Waals surface area (Å²) < 4.78 is 0. The van der Waals surface area contributed by atoms with Crippen molar-refractivity contribution < 1.29 is 0 Å². The Morgan fingerprint density at radius 3 is 2.94 bits per heavy atom. The number of likely N-dealkylation sites (N-methyl/N-ethyl adjacent to an activating group) is 1. The Bertz CT molecular complexity index is 487. The highest BCUT2D eigenvalue weighted by Gasteiger charge is 2.13. The Kier molecular flexibility index (Phi) is 3.45. The van der Waals surface area contributed by atoms with Gasteiger partial charge in [0.15, 0.2) is 0 Å². The van der Waals surface area contributed by atoms with Gasteiger partial charge in [0.1, 0.15) is 0 Å². The molecule has 0 unspecified atom stereocenters. The van der Waals surface area contributed by atoms with Crippen LogP contribution in [-0.2, 0) is 6.54 Å². The number of hydrogen-bond donors (Lipinski definition) is 3. The van der Waals surface area contributed by atoms with Gasteiger partial charge >= 0.3 is 0 Å². The molecule has 1 aromatic heterocycles. The van der Waals surface area contributed by atoms with Crippen molar-refractivity contribution in [2.75, 3.05) is 13.6 Å². The number of rotatable bonds is 5. The van der Waals surface area contributed by atoms with Gasteiger partial charge in [-0.1, -0.05) is 6.07 Å². The van der Waals surface area contributed by atoms with Crippen LogP contribution in [0.5, 0.6) is 0 Å². The molecule has 0 bridgehead atoms. The molecule has 0 saturated heterocycles. The van der Waals surface area contributed by atoms with Gasteiger partial charge in [0.05, 0.1) is 17.4 Å². The number of aromatic nitrogens is 2. The number of benzene rings is 1. The fraction of sp³-hybridized carbons (Fsp3) is 0.462.